The molecule has 0 rings (SSSR count). The third kappa shape index (κ3) is 28.5. The number of aliphatic hydroxyl groups excluding tert-OH is 1. The number of nitrogens with one attached hydrogen (secondary N) is 1. The fraction of sp³-hybridized carbons (Fsp3) is 0.618. The zero-order valence-corrected chi connectivity index (χ0v) is 28.3. The van der Waals surface area contributed by atoms with Crippen LogP contribution in [0.2, 0.25) is 0 Å². The minimum Gasteiger partial charge on any atom is -0.756 e. The number of hydrogen-bond acceptors (Lipinski definition) is 6. The van der Waals surface area contributed by atoms with E-state index in [1.54, 1.807) is 6.08 Å². The lowest BCUT2D eigenvalue weighted by Gasteiger charge is -2.29. The van der Waals surface area contributed by atoms with E-state index < -0.39 is 26.6 Å². The Kier molecular flexibility index (Phi) is 25.1. The Morgan fingerprint density at radius 2 is 1.37 bits per heavy atom. The average Bonchev–Trinajstić information content (AvgIpc) is 2.94. The molecule has 0 spiro atoms. The normalized spacial score (nSPS) is 16.0. The molecule has 3 unspecified atom stereocenters. The molecule has 0 aromatic rings. The fourth-order valence-electron chi connectivity index (χ4n) is 3.58. The van der Waals surface area contributed by atoms with Crippen LogP contribution >= 0.6 is 7.82 Å². The lowest BCUT2D eigenvalue weighted by Crippen LogP contribution is -2.45. The number of carbonyl (C=O) groups is 1. The number of quaternary nitrogens is 1. The maximum absolute atomic E-state index is 12.6. The first kappa shape index (κ1) is 40.9. The number of phosphoric acid groups is 1. The Morgan fingerprint density at radius 1 is 0.837 bits per heavy atom. The number of nitrogens with zero attached hydrogens (tertiary/aromatic N) is 1. The van der Waals surface area contributed by atoms with Crippen LogP contribution in [0.4, 0.5) is 0 Å². The van der Waals surface area contributed by atoms with Gasteiger partial charge in [-0.05, 0) is 51.4 Å². The van der Waals surface area contributed by atoms with E-state index >= 15 is 0 Å². The van der Waals surface area contributed by atoms with E-state index in [9.17, 15) is 19.4 Å². The van der Waals surface area contributed by atoms with Gasteiger partial charge < -0.3 is 28.8 Å². The zero-order chi connectivity index (χ0) is 32.2. The first-order valence-corrected chi connectivity index (χ1v) is 17.3. The number of phosphoric ester groups is 1. The molecule has 0 aliphatic heterocycles. The summed E-state index contributed by atoms with van der Waals surface area (Å²) in [5.74, 6) is -0.270. The second kappa shape index (κ2) is 26.4. The standard InChI is InChI=1S/C34H59N2O6P/c1-6-8-10-12-13-14-15-16-17-18-19-20-21-22-23-24-26-28-34(38)35-32(33(37)27-25-11-9-7-2)31-42-43(39,40)41-30-29-36(3,4)5/h8,10,13-14,16-17,19-20,22-23,25,27,32-33,37H,6-7,9,11-12,15,18,21,24,26,28-31H2,1-5H3,(H-,35,38,39,40)/b10-8-,14-13-,17-16-,20-19-,23-22-,27-25+. The van der Waals surface area contributed by atoms with E-state index in [1.165, 1.54) is 0 Å². The fourth-order valence-corrected chi connectivity index (χ4v) is 4.30. The summed E-state index contributed by atoms with van der Waals surface area (Å²) >= 11 is 0. The van der Waals surface area contributed by atoms with Gasteiger partial charge >= 0.3 is 0 Å². The highest BCUT2D eigenvalue weighted by molar-refractivity contribution is 7.45. The topological polar surface area (TPSA) is 108 Å². The lowest BCUT2D eigenvalue weighted by atomic mass is 10.1. The Bertz CT molecular complexity index is 934. The number of aliphatic hydroxyl groups is 1. The van der Waals surface area contributed by atoms with E-state index in [4.69, 9.17) is 9.05 Å². The molecule has 0 aromatic carbocycles. The van der Waals surface area contributed by atoms with Crippen molar-refractivity contribution >= 4 is 13.7 Å². The minimum absolute atomic E-state index is 0.0173. The van der Waals surface area contributed by atoms with Crippen molar-refractivity contribution in [1.29, 1.82) is 0 Å². The Hall–Kier alpha value is -2.06. The summed E-state index contributed by atoms with van der Waals surface area (Å²) in [4.78, 5) is 24.8. The van der Waals surface area contributed by atoms with E-state index in [2.05, 4.69) is 79.9 Å². The summed E-state index contributed by atoms with van der Waals surface area (Å²) in [5, 5.41) is 13.3. The van der Waals surface area contributed by atoms with Gasteiger partial charge in [0, 0.05) is 6.42 Å². The second-order valence-corrected chi connectivity index (χ2v) is 12.8. The molecule has 43 heavy (non-hydrogen) atoms. The molecule has 0 heterocycles. The van der Waals surface area contributed by atoms with Crippen LogP contribution in [-0.4, -0.2) is 68.5 Å². The predicted molar refractivity (Wildman–Crippen MR) is 177 cm³/mol. The van der Waals surface area contributed by atoms with Crippen molar-refractivity contribution in [3.63, 3.8) is 0 Å². The number of amides is 1. The van der Waals surface area contributed by atoms with Crippen molar-refractivity contribution in [1.82, 2.24) is 5.32 Å². The molecular formula is C34H59N2O6P. The van der Waals surface area contributed by atoms with Crippen LogP contribution in [0.25, 0.3) is 0 Å². The van der Waals surface area contributed by atoms with Gasteiger partial charge in [-0.15, -0.1) is 0 Å². The Morgan fingerprint density at radius 3 is 1.91 bits per heavy atom. The van der Waals surface area contributed by atoms with E-state index in [0.29, 0.717) is 17.4 Å². The summed E-state index contributed by atoms with van der Waals surface area (Å²) in [7, 11) is 1.20. The molecule has 0 saturated heterocycles. The highest BCUT2D eigenvalue weighted by Crippen LogP contribution is 2.38. The Balaban J connectivity index is 4.50. The van der Waals surface area contributed by atoms with Crippen LogP contribution in [0.15, 0.2) is 72.9 Å². The average molecular weight is 623 g/mol. The third-order valence-electron chi connectivity index (χ3n) is 6.17. The molecule has 9 heteroatoms. The zero-order valence-electron chi connectivity index (χ0n) is 27.4. The SMILES string of the molecule is CC/C=C\C/C=C\C/C=C\C/C=C\C/C=C\CCCC(=O)NC(COP(=O)([O-])OCC[N+](C)(C)C)C(O)/C=C/CCCC. The largest absolute Gasteiger partial charge is 0.756 e. The molecule has 0 aromatic heterocycles. The smallest absolute Gasteiger partial charge is 0.268 e. The van der Waals surface area contributed by atoms with Gasteiger partial charge in [0.25, 0.3) is 7.82 Å². The number of hydrogen-bond donors (Lipinski definition) is 2. The Labute approximate surface area is 262 Å². The summed E-state index contributed by atoms with van der Waals surface area (Å²) in [5.41, 5.74) is 0. The van der Waals surface area contributed by atoms with Crippen molar-refractivity contribution in [3.05, 3.63) is 72.9 Å². The molecule has 8 nitrogen and oxygen atoms in total. The van der Waals surface area contributed by atoms with Crippen LogP contribution in [-0.2, 0) is 18.4 Å². The van der Waals surface area contributed by atoms with Gasteiger partial charge in [0.2, 0.25) is 5.91 Å². The van der Waals surface area contributed by atoms with Crippen molar-refractivity contribution < 1.29 is 32.9 Å². The van der Waals surface area contributed by atoms with Gasteiger partial charge in [-0.1, -0.05) is 99.6 Å². The third-order valence-corrected chi connectivity index (χ3v) is 7.14. The molecule has 1 amide bonds. The van der Waals surface area contributed by atoms with Crippen LogP contribution in [0, 0.1) is 0 Å². The van der Waals surface area contributed by atoms with Crippen molar-refractivity contribution in [2.24, 2.45) is 0 Å². The molecule has 0 saturated carbocycles. The first-order valence-electron chi connectivity index (χ1n) is 15.8. The van der Waals surface area contributed by atoms with Crippen LogP contribution < -0.4 is 10.2 Å². The van der Waals surface area contributed by atoms with Crippen LogP contribution in [0.1, 0.15) is 84.5 Å². The summed E-state index contributed by atoms with van der Waals surface area (Å²) in [6.07, 6.45) is 33.0. The first-order chi connectivity index (χ1) is 20.5. The van der Waals surface area contributed by atoms with E-state index in [0.717, 1.165) is 57.8 Å². The molecule has 0 bridgehead atoms. The van der Waals surface area contributed by atoms with Gasteiger partial charge in [0.1, 0.15) is 13.2 Å². The number of likely N-dealkylation sites (N-methyl/N-ethyl adjacent to an activating group) is 1. The number of carbonyl (C=O) groups excluding carboxylic acids is 1. The summed E-state index contributed by atoms with van der Waals surface area (Å²) in [6.45, 7) is 4.26. The van der Waals surface area contributed by atoms with Crippen molar-refractivity contribution in [2.75, 3.05) is 40.9 Å². The molecule has 0 fully saturated rings. The van der Waals surface area contributed by atoms with Gasteiger partial charge in [-0.3, -0.25) is 9.36 Å². The quantitative estimate of drug-likeness (QED) is 0.0481. The second-order valence-electron chi connectivity index (χ2n) is 11.4. The predicted octanol–water partition coefficient (Wildman–Crippen LogP) is 6.71. The highest BCUT2D eigenvalue weighted by atomic mass is 31.2. The van der Waals surface area contributed by atoms with Crippen molar-refractivity contribution in [2.45, 2.75) is 96.6 Å². The molecule has 0 aliphatic rings. The van der Waals surface area contributed by atoms with Gasteiger partial charge in [-0.2, -0.15) is 0 Å². The maximum atomic E-state index is 12.6. The van der Waals surface area contributed by atoms with Gasteiger partial charge in [0.05, 0.1) is 39.9 Å². The number of allylic oxidation sites excluding steroid dienone is 11. The number of unbranched alkanes of at least 4 members (excludes halogenated alkanes) is 3. The molecule has 0 radical (unpaired) electrons. The van der Waals surface area contributed by atoms with Crippen LogP contribution in [0.5, 0.6) is 0 Å². The van der Waals surface area contributed by atoms with Gasteiger partial charge in [0.15, 0.2) is 0 Å². The molecule has 0 aliphatic carbocycles. The van der Waals surface area contributed by atoms with E-state index in [1.807, 2.05) is 27.2 Å². The maximum Gasteiger partial charge on any atom is 0.268 e. The molecular weight excluding hydrogens is 563 g/mol. The summed E-state index contributed by atoms with van der Waals surface area (Å²) in [6, 6.07) is -0.914. The van der Waals surface area contributed by atoms with Gasteiger partial charge in [-0.25, -0.2) is 0 Å². The minimum atomic E-state index is -4.58. The van der Waals surface area contributed by atoms with E-state index in [-0.39, 0.29) is 18.9 Å². The molecule has 246 valence electrons. The number of rotatable bonds is 26. The summed E-state index contributed by atoms with van der Waals surface area (Å²) < 4.78 is 22.7. The monoisotopic (exact) mass is 622 g/mol. The lowest BCUT2D eigenvalue weighted by molar-refractivity contribution is -0.870. The van der Waals surface area contributed by atoms with Crippen LogP contribution in [0.3, 0.4) is 0 Å². The van der Waals surface area contributed by atoms with Crippen molar-refractivity contribution in [3.8, 4) is 0 Å². The highest BCUT2D eigenvalue weighted by Gasteiger charge is 2.23. The molecule has 2 N–H and O–H groups in total. The molecule has 3 atom stereocenters.